The number of aromatic nitrogens is 3. The summed E-state index contributed by atoms with van der Waals surface area (Å²) < 4.78 is 1.77. The molecular formula is C20H16N4OS. The lowest BCUT2D eigenvalue weighted by molar-refractivity contribution is 0.102. The number of carbonyl (C=O) groups excluding carboxylic acids is 1. The minimum Gasteiger partial charge on any atom is -0.322 e. The summed E-state index contributed by atoms with van der Waals surface area (Å²) in [4.78, 5) is 18.2. The lowest BCUT2D eigenvalue weighted by Gasteiger charge is -2.09. The second kappa shape index (κ2) is 6.93. The normalized spacial score (nSPS) is 10.7. The molecule has 0 bridgehead atoms. The predicted molar refractivity (Wildman–Crippen MR) is 104 cm³/mol. The first-order valence-corrected chi connectivity index (χ1v) is 9.01. The van der Waals surface area contributed by atoms with Crippen LogP contribution in [0.15, 0.2) is 72.4 Å². The highest BCUT2D eigenvalue weighted by molar-refractivity contribution is 7.13. The molecule has 3 heterocycles. The first-order chi connectivity index (χ1) is 12.7. The van der Waals surface area contributed by atoms with Gasteiger partial charge in [-0.1, -0.05) is 6.07 Å². The van der Waals surface area contributed by atoms with Crippen molar-refractivity contribution in [3.8, 4) is 16.3 Å². The monoisotopic (exact) mass is 360 g/mol. The molecule has 0 saturated heterocycles. The quantitative estimate of drug-likeness (QED) is 0.580. The lowest BCUT2D eigenvalue weighted by Crippen LogP contribution is -2.14. The van der Waals surface area contributed by atoms with Crippen LogP contribution in [0, 0.1) is 6.92 Å². The fourth-order valence-electron chi connectivity index (χ4n) is 2.68. The second-order valence-corrected chi connectivity index (χ2v) is 6.71. The van der Waals surface area contributed by atoms with Gasteiger partial charge in [-0.2, -0.15) is 5.10 Å². The van der Waals surface area contributed by atoms with Crippen LogP contribution in [-0.4, -0.2) is 20.7 Å². The van der Waals surface area contributed by atoms with E-state index in [1.165, 1.54) is 0 Å². The summed E-state index contributed by atoms with van der Waals surface area (Å²) in [5.41, 5.74) is 3.83. The number of nitrogens with zero attached hydrogens (tertiary/aromatic N) is 3. The van der Waals surface area contributed by atoms with Crippen molar-refractivity contribution in [2.24, 2.45) is 0 Å². The molecule has 4 aromatic rings. The molecule has 1 N–H and O–H groups in total. The Morgan fingerprint density at radius 1 is 1.08 bits per heavy atom. The van der Waals surface area contributed by atoms with Gasteiger partial charge in [0.25, 0.3) is 5.91 Å². The first-order valence-electron chi connectivity index (χ1n) is 8.14. The smallest absolute Gasteiger partial charge is 0.257 e. The molecule has 0 atom stereocenters. The lowest BCUT2D eigenvalue weighted by atomic mass is 10.1. The second-order valence-electron chi connectivity index (χ2n) is 5.76. The van der Waals surface area contributed by atoms with E-state index in [2.05, 4.69) is 15.4 Å². The van der Waals surface area contributed by atoms with Gasteiger partial charge in [-0.3, -0.25) is 9.78 Å². The van der Waals surface area contributed by atoms with Crippen molar-refractivity contribution >= 4 is 22.9 Å². The van der Waals surface area contributed by atoms with Crippen LogP contribution in [0.2, 0.25) is 0 Å². The maximum Gasteiger partial charge on any atom is 0.257 e. The summed E-state index contributed by atoms with van der Waals surface area (Å²) in [6, 6.07) is 17.1. The van der Waals surface area contributed by atoms with Crippen molar-refractivity contribution in [3.05, 3.63) is 83.6 Å². The van der Waals surface area contributed by atoms with E-state index in [0.29, 0.717) is 11.3 Å². The number of anilines is 1. The standard InChI is InChI=1S/C20H16N4OS/c1-14-17(9-10-18(22-14)19-4-2-13-26-19)20(25)23-15-5-7-16(8-6-15)24-12-3-11-21-24/h2-13H,1H3,(H,23,25). The maximum absolute atomic E-state index is 12.6. The molecule has 0 radical (unpaired) electrons. The average molecular weight is 360 g/mol. The highest BCUT2D eigenvalue weighted by Gasteiger charge is 2.12. The van der Waals surface area contributed by atoms with Gasteiger partial charge in [-0.15, -0.1) is 11.3 Å². The highest BCUT2D eigenvalue weighted by Crippen LogP contribution is 2.24. The number of pyridine rings is 1. The zero-order valence-electron chi connectivity index (χ0n) is 14.1. The van der Waals surface area contributed by atoms with Crippen molar-refractivity contribution in [1.29, 1.82) is 0 Å². The van der Waals surface area contributed by atoms with Gasteiger partial charge >= 0.3 is 0 Å². The molecule has 0 unspecified atom stereocenters. The summed E-state index contributed by atoms with van der Waals surface area (Å²) in [6.07, 6.45) is 3.60. The number of aryl methyl sites for hydroxylation is 1. The van der Waals surface area contributed by atoms with Crippen molar-refractivity contribution in [2.75, 3.05) is 5.32 Å². The van der Waals surface area contributed by atoms with Crippen LogP contribution in [0.3, 0.4) is 0 Å². The van der Waals surface area contributed by atoms with Gasteiger partial charge in [-0.25, -0.2) is 4.68 Å². The van der Waals surface area contributed by atoms with Crippen LogP contribution in [-0.2, 0) is 0 Å². The zero-order chi connectivity index (χ0) is 17.9. The molecule has 128 valence electrons. The van der Waals surface area contributed by atoms with Crippen molar-refractivity contribution in [3.63, 3.8) is 0 Å². The molecule has 26 heavy (non-hydrogen) atoms. The van der Waals surface area contributed by atoms with E-state index >= 15 is 0 Å². The summed E-state index contributed by atoms with van der Waals surface area (Å²) >= 11 is 1.63. The fraction of sp³-hybridized carbons (Fsp3) is 0.0500. The van der Waals surface area contributed by atoms with E-state index in [0.717, 1.165) is 21.9 Å². The third kappa shape index (κ3) is 3.27. The van der Waals surface area contributed by atoms with E-state index in [1.54, 1.807) is 22.2 Å². The first kappa shape index (κ1) is 16.2. The van der Waals surface area contributed by atoms with E-state index in [9.17, 15) is 4.79 Å². The Balaban J connectivity index is 1.51. The maximum atomic E-state index is 12.6. The Morgan fingerprint density at radius 3 is 2.58 bits per heavy atom. The van der Waals surface area contributed by atoms with Crippen molar-refractivity contribution in [2.45, 2.75) is 6.92 Å². The molecule has 1 amide bonds. The summed E-state index contributed by atoms with van der Waals surface area (Å²) in [5.74, 6) is -0.167. The van der Waals surface area contributed by atoms with Crippen molar-refractivity contribution in [1.82, 2.24) is 14.8 Å². The van der Waals surface area contributed by atoms with Gasteiger partial charge in [0.1, 0.15) is 0 Å². The Bertz CT molecular complexity index is 1020. The molecule has 5 nitrogen and oxygen atoms in total. The number of carbonyl (C=O) groups is 1. The molecule has 0 aliphatic carbocycles. The largest absolute Gasteiger partial charge is 0.322 e. The molecule has 4 rings (SSSR count). The number of hydrogen-bond acceptors (Lipinski definition) is 4. The molecular weight excluding hydrogens is 344 g/mol. The SMILES string of the molecule is Cc1nc(-c2cccs2)ccc1C(=O)Nc1ccc(-n2cccn2)cc1. The molecule has 0 fully saturated rings. The number of benzene rings is 1. The van der Waals surface area contributed by atoms with Gasteiger partial charge < -0.3 is 5.32 Å². The number of rotatable bonds is 4. The van der Waals surface area contributed by atoms with Gasteiger partial charge in [0, 0.05) is 18.1 Å². The number of thiophene rings is 1. The molecule has 3 aromatic heterocycles. The molecule has 0 aliphatic rings. The minimum absolute atomic E-state index is 0.167. The number of amides is 1. The number of nitrogens with one attached hydrogen (secondary N) is 1. The van der Waals surface area contributed by atoms with Gasteiger partial charge in [0.05, 0.1) is 27.5 Å². The van der Waals surface area contributed by atoms with E-state index in [4.69, 9.17) is 0 Å². The predicted octanol–water partition coefficient (Wildman–Crippen LogP) is 4.56. The van der Waals surface area contributed by atoms with Crippen LogP contribution in [0.5, 0.6) is 0 Å². The van der Waals surface area contributed by atoms with Gasteiger partial charge in [0.2, 0.25) is 0 Å². The Labute approximate surface area is 155 Å². The molecule has 6 heteroatoms. The fourth-order valence-corrected chi connectivity index (χ4v) is 3.38. The third-order valence-electron chi connectivity index (χ3n) is 4.00. The Morgan fingerprint density at radius 2 is 1.92 bits per heavy atom. The van der Waals surface area contributed by atoms with E-state index < -0.39 is 0 Å². The zero-order valence-corrected chi connectivity index (χ0v) is 14.9. The third-order valence-corrected chi connectivity index (χ3v) is 4.89. The van der Waals surface area contributed by atoms with Gasteiger partial charge in [0.15, 0.2) is 0 Å². The summed E-state index contributed by atoms with van der Waals surface area (Å²) in [6.45, 7) is 1.85. The summed E-state index contributed by atoms with van der Waals surface area (Å²) in [7, 11) is 0. The van der Waals surface area contributed by atoms with Crippen LogP contribution in [0.4, 0.5) is 5.69 Å². The molecule has 0 aliphatic heterocycles. The minimum atomic E-state index is -0.167. The average Bonchev–Trinajstić information content (AvgIpc) is 3.36. The van der Waals surface area contributed by atoms with Crippen LogP contribution >= 0.6 is 11.3 Å². The summed E-state index contributed by atoms with van der Waals surface area (Å²) in [5, 5.41) is 9.12. The molecule has 1 aromatic carbocycles. The molecule has 0 spiro atoms. The topological polar surface area (TPSA) is 59.8 Å². The number of hydrogen-bond donors (Lipinski definition) is 1. The van der Waals surface area contributed by atoms with Crippen molar-refractivity contribution < 1.29 is 4.79 Å². The Hall–Kier alpha value is -3.25. The van der Waals surface area contributed by atoms with Crippen LogP contribution in [0.25, 0.3) is 16.3 Å². The molecule has 0 saturated carbocycles. The van der Waals surface area contributed by atoms with Gasteiger partial charge in [-0.05, 0) is 60.8 Å². The van der Waals surface area contributed by atoms with E-state index in [-0.39, 0.29) is 5.91 Å². The van der Waals surface area contributed by atoms with Crippen LogP contribution < -0.4 is 5.32 Å². The van der Waals surface area contributed by atoms with Crippen LogP contribution in [0.1, 0.15) is 16.1 Å². The Kier molecular flexibility index (Phi) is 4.33. The highest BCUT2D eigenvalue weighted by atomic mass is 32.1. The van der Waals surface area contributed by atoms with E-state index in [1.807, 2.05) is 73.1 Å².